The molecule has 0 radical (unpaired) electrons. The Kier molecular flexibility index (Phi) is 5.18. The molecule has 0 aliphatic carbocycles. The summed E-state index contributed by atoms with van der Waals surface area (Å²) in [4.78, 5) is 24.3. The van der Waals surface area contributed by atoms with Crippen molar-refractivity contribution in [1.29, 1.82) is 0 Å². The van der Waals surface area contributed by atoms with Crippen molar-refractivity contribution >= 4 is 11.6 Å². The van der Waals surface area contributed by atoms with E-state index < -0.39 is 0 Å². The number of aromatic nitrogens is 2. The fourth-order valence-electron chi connectivity index (χ4n) is 3.23. The second kappa shape index (κ2) is 7.51. The number of benzene rings is 1. The molecule has 1 aliphatic rings. The van der Waals surface area contributed by atoms with Crippen molar-refractivity contribution in [2.24, 2.45) is 0 Å². The van der Waals surface area contributed by atoms with Gasteiger partial charge in [-0.15, -0.1) is 0 Å². The van der Waals surface area contributed by atoms with Gasteiger partial charge in [-0.1, -0.05) is 13.3 Å². The van der Waals surface area contributed by atoms with Crippen LogP contribution in [-0.2, 0) is 0 Å². The highest BCUT2D eigenvalue weighted by atomic mass is 16.2. The summed E-state index contributed by atoms with van der Waals surface area (Å²) in [5, 5.41) is 0. The molecule has 0 bridgehead atoms. The van der Waals surface area contributed by atoms with Crippen molar-refractivity contribution in [2.75, 3.05) is 31.6 Å². The summed E-state index contributed by atoms with van der Waals surface area (Å²) in [6.45, 7) is 4.77. The van der Waals surface area contributed by atoms with E-state index in [4.69, 9.17) is 0 Å². The number of carbonyl (C=O) groups is 1. The topological polar surface area (TPSA) is 52.2 Å². The van der Waals surface area contributed by atoms with E-state index in [9.17, 15) is 4.79 Å². The molecular formula is C19H26N4O. The summed E-state index contributed by atoms with van der Waals surface area (Å²) in [5.41, 5.74) is 1.93. The fourth-order valence-corrected chi connectivity index (χ4v) is 3.23. The van der Waals surface area contributed by atoms with E-state index >= 15 is 0 Å². The number of rotatable bonds is 6. The van der Waals surface area contributed by atoms with Gasteiger partial charge in [-0.05, 0) is 37.1 Å². The maximum Gasteiger partial charge on any atom is 0.253 e. The Hall–Kier alpha value is -2.30. The first-order valence-electron chi connectivity index (χ1n) is 8.78. The number of amides is 1. The molecule has 2 heterocycles. The lowest BCUT2D eigenvalue weighted by Crippen LogP contribution is -2.28. The molecule has 0 saturated carbocycles. The number of hydrogen-bond acceptors (Lipinski definition) is 3. The van der Waals surface area contributed by atoms with Crippen molar-refractivity contribution in [2.45, 2.75) is 32.1 Å². The first-order valence-corrected chi connectivity index (χ1v) is 8.78. The van der Waals surface area contributed by atoms with E-state index in [1.54, 1.807) is 6.20 Å². The Morgan fingerprint density at radius 1 is 1.38 bits per heavy atom. The van der Waals surface area contributed by atoms with E-state index in [0.29, 0.717) is 5.92 Å². The zero-order chi connectivity index (χ0) is 16.9. The second-order valence-corrected chi connectivity index (χ2v) is 6.53. The van der Waals surface area contributed by atoms with Crippen LogP contribution in [0.2, 0.25) is 0 Å². The van der Waals surface area contributed by atoms with Crippen LogP contribution >= 0.6 is 0 Å². The molecule has 1 atom stereocenters. The molecule has 1 saturated heterocycles. The zero-order valence-electron chi connectivity index (χ0n) is 14.5. The van der Waals surface area contributed by atoms with E-state index in [1.165, 1.54) is 12.8 Å². The van der Waals surface area contributed by atoms with Gasteiger partial charge in [0.15, 0.2) is 0 Å². The third-order valence-corrected chi connectivity index (χ3v) is 4.78. The quantitative estimate of drug-likeness (QED) is 0.886. The average molecular weight is 326 g/mol. The maximum absolute atomic E-state index is 12.7. The van der Waals surface area contributed by atoms with Gasteiger partial charge < -0.3 is 14.8 Å². The number of H-pyrrole nitrogens is 1. The van der Waals surface area contributed by atoms with Crippen molar-refractivity contribution in [1.82, 2.24) is 14.9 Å². The molecule has 1 N–H and O–H groups in total. The van der Waals surface area contributed by atoms with Crippen LogP contribution in [0.15, 0.2) is 36.7 Å². The molecule has 1 aromatic heterocycles. The van der Waals surface area contributed by atoms with Gasteiger partial charge >= 0.3 is 0 Å². The number of nitrogens with one attached hydrogen (secondary N) is 1. The number of carbonyl (C=O) groups excluding carboxylic acids is 1. The maximum atomic E-state index is 12.7. The van der Waals surface area contributed by atoms with Crippen LogP contribution in [0, 0.1) is 0 Å². The Morgan fingerprint density at radius 3 is 2.83 bits per heavy atom. The second-order valence-electron chi connectivity index (χ2n) is 6.53. The van der Waals surface area contributed by atoms with Gasteiger partial charge in [0.2, 0.25) is 0 Å². The minimum atomic E-state index is 0.117. The Labute approximate surface area is 143 Å². The largest absolute Gasteiger partial charge is 0.375 e. The van der Waals surface area contributed by atoms with E-state index in [2.05, 4.69) is 28.8 Å². The number of nitrogens with zero attached hydrogens (tertiary/aromatic N) is 3. The summed E-state index contributed by atoms with van der Waals surface area (Å²) in [7, 11) is 2.10. The van der Waals surface area contributed by atoms with Crippen LogP contribution in [0.5, 0.6) is 0 Å². The van der Waals surface area contributed by atoms with Gasteiger partial charge in [0.05, 0.1) is 0 Å². The van der Waals surface area contributed by atoms with E-state index in [0.717, 1.165) is 43.1 Å². The summed E-state index contributed by atoms with van der Waals surface area (Å²) >= 11 is 0. The minimum Gasteiger partial charge on any atom is -0.375 e. The predicted octanol–water partition coefficient (Wildman–Crippen LogP) is 3.28. The highest BCUT2D eigenvalue weighted by Crippen LogP contribution is 2.26. The summed E-state index contributed by atoms with van der Waals surface area (Å²) in [6, 6.07) is 7.98. The number of likely N-dealkylation sites (tertiary alicyclic amines) is 1. The monoisotopic (exact) mass is 326 g/mol. The molecule has 5 heteroatoms. The first-order chi connectivity index (χ1) is 11.7. The smallest absolute Gasteiger partial charge is 0.253 e. The molecule has 24 heavy (non-hydrogen) atoms. The molecule has 1 aliphatic heterocycles. The highest BCUT2D eigenvalue weighted by molar-refractivity contribution is 5.94. The van der Waals surface area contributed by atoms with Crippen molar-refractivity contribution in [3.05, 3.63) is 48.0 Å². The van der Waals surface area contributed by atoms with Gasteiger partial charge in [-0.25, -0.2) is 4.98 Å². The standard InChI is InChI=1S/C19H26N4O/c1-3-4-12-22(2)17-7-5-15(6-8-17)19(24)23-13-9-16(14-23)18-20-10-11-21-18/h5-8,10-11,16H,3-4,9,12-14H2,1-2H3,(H,20,21). The predicted molar refractivity (Wildman–Crippen MR) is 96.5 cm³/mol. The van der Waals surface area contributed by atoms with Gasteiger partial charge in [-0.2, -0.15) is 0 Å². The van der Waals surface area contributed by atoms with Crippen molar-refractivity contribution in [3.63, 3.8) is 0 Å². The molecule has 3 rings (SSSR count). The van der Waals surface area contributed by atoms with E-state index in [-0.39, 0.29) is 5.91 Å². The molecule has 1 fully saturated rings. The Bertz CT molecular complexity index is 651. The molecule has 1 aromatic carbocycles. The Balaban J connectivity index is 1.61. The lowest BCUT2D eigenvalue weighted by molar-refractivity contribution is 0.0790. The fraction of sp³-hybridized carbons (Fsp3) is 0.474. The number of anilines is 1. The third kappa shape index (κ3) is 3.61. The van der Waals surface area contributed by atoms with Gasteiger partial charge in [0.1, 0.15) is 5.82 Å². The average Bonchev–Trinajstić information content (AvgIpc) is 3.30. The molecular weight excluding hydrogens is 300 g/mol. The van der Waals surface area contributed by atoms with Crippen LogP contribution in [-0.4, -0.2) is 47.5 Å². The summed E-state index contributed by atoms with van der Waals surface area (Å²) in [5.74, 6) is 1.42. The lowest BCUT2D eigenvalue weighted by Gasteiger charge is -2.20. The van der Waals surface area contributed by atoms with Crippen LogP contribution in [0.3, 0.4) is 0 Å². The van der Waals surface area contributed by atoms with Gasteiger partial charge in [0, 0.05) is 56.2 Å². The minimum absolute atomic E-state index is 0.117. The molecule has 0 spiro atoms. The van der Waals surface area contributed by atoms with E-state index in [1.807, 2.05) is 35.4 Å². The SMILES string of the molecule is CCCCN(C)c1ccc(C(=O)N2CCC(c3ncc[nH]3)C2)cc1. The Morgan fingerprint density at radius 2 is 2.17 bits per heavy atom. The summed E-state index contributed by atoms with van der Waals surface area (Å²) < 4.78 is 0. The number of unbranched alkanes of at least 4 members (excludes halogenated alkanes) is 1. The normalized spacial score (nSPS) is 17.2. The van der Waals surface area contributed by atoms with Crippen LogP contribution in [0.1, 0.15) is 48.3 Å². The third-order valence-electron chi connectivity index (χ3n) is 4.78. The highest BCUT2D eigenvalue weighted by Gasteiger charge is 2.29. The molecule has 5 nitrogen and oxygen atoms in total. The molecule has 128 valence electrons. The lowest BCUT2D eigenvalue weighted by atomic mass is 10.1. The number of hydrogen-bond donors (Lipinski definition) is 1. The zero-order valence-corrected chi connectivity index (χ0v) is 14.5. The van der Waals surface area contributed by atoms with Crippen molar-refractivity contribution in [3.8, 4) is 0 Å². The van der Waals surface area contributed by atoms with Crippen molar-refractivity contribution < 1.29 is 4.79 Å². The van der Waals surface area contributed by atoms with Gasteiger partial charge in [-0.3, -0.25) is 4.79 Å². The summed E-state index contributed by atoms with van der Waals surface area (Å²) in [6.07, 6.45) is 6.95. The number of aromatic amines is 1. The van der Waals surface area contributed by atoms with Crippen LogP contribution < -0.4 is 4.90 Å². The van der Waals surface area contributed by atoms with Crippen LogP contribution in [0.4, 0.5) is 5.69 Å². The molecule has 1 unspecified atom stereocenters. The first kappa shape index (κ1) is 16.6. The molecule has 2 aromatic rings. The molecule has 1 amide bonds. The number of imidazole rings is 1. The van der Waals surface area contributed by atoms with Gasteiger partial charge in [0.25, 0.3) is 5.91 Å². The van der Waals surface area contributed by atoms with Crippen LogP contribution in [0.25, 0.3) is 0 Å².